The Kier molecular flexibility index (Phi) is 48.6. The number of carboxylic acid groups (broad SMARTS) is 9. The van der Waals surface area contributed by atoms with Crippen molar-refractivity contribution in [3.8, 4) is 23.0 Å². The maximum absolute atomic E-state index is 12.5. The van der Waals surface area contributed by atoms with E-state index in [0.717, 1.165) is 59.6 Å². The Morgan fingerprint density at radius 1 is 0.321 bits per heavy atom. The van der Waals surface area contributed by atoms with Crippen LogP contribution in [0.1, 0.15) is 60.6 Å². The first-order chi connectivity index (χ1) is 65.4. The van der Waals surface area contributed by atoms with Crippen LogP contribution in [0, 0.1) is 0 Å². The summed E-state index contributed by atoms with van der Waals surface area (Å²) >= 11 is 5.44. The molecule has 3 heterocycles. The number of carbonyl (C=O) groups excluding carboxylic acids is 2. The van der Waals surface area contributed by atoms with Gasteiger partial charge in [-0.2, -0.15) is 0 Å². The number of phenolic OH excluding ortho intramolecular Hbond substituents is 4. The predicted octanol–water partition coefficient (Wildman–Crippen LogP) is 3.85. The van der Waals surface area contributed by atoms with Crippen LogP contribution in [0.5, 0.6) is 23.0 Å². The first-order valence-corrected chi connectivity index (χ1v) is 46.2. The Morgan fingerprint density at radius 3 is 0.927 bits per heavy atom. The fourth-order valence-corrected chi connectivity index (χ4v) is 16.5. The standard InChI is InChI=1S/C32H46N6O7S.C32H43N5O9.C32H45N5O8/c1-2-35-13-15-36(21-29(40)41)17-18-38(23-31(44)45)27(20-37(16-14-35)22-30(42)43)19-25-3-7-26(8-4-25)34-32(46)33-12-11-24-5-9-28(39)10-6-24;1-2-34-11-13-35(20-30(41)42)15-16-37(22-32(45)46)26(19-36(14-12-34)21-31(43)44)17-23-3-7-25(8-4-23)33-29(40)10-6-24-5-9-27(38)28(39)18-24;1-2-34-13-15-35(21-30(40)41)17-18-37(23-32(44)45)27(20-36(16-14-34)22-31(42)43)19-25-3-8-26(9-4-25)33-29(39)12-7-24-5-10-28(38)11-6-24/h3-10,27,39H,2,11-23H2,1H3,(H,40,41)(H,42,43)(H,44,45)(H2,33,34,46);3-10,18,26,38-39H,2,11-17,19-22H2,1H3,(H,33,40)(H,41,42)(H,43,44)(H,45,46);3-6,8-11,27,38H,2,7,12-23H2,1H3,(H,33,39)(H,40,41)(H,42,43)(H,44,45)/b;10-6+;. The first-order valence-electron chi connectivity index (χ1n) is 45.8. The van der Waals surface area contributed by atoms with Crippen LogP contribution >= 0.6 is 12.2 Å². The van der Waals surface area contributed by atoms with Gasteiger partial charge in [0.05, 0.1) is 58.9 Å². The number of nitrogens with one attached hydrogen (secondary N) is 4. The van der Waals surface area contributed by atoms with Crippen molar-refractivity contribution in [3.63, 3.8) is 0 Å². The molecule has 40 nitrogen and oxygen atoms in total. The molecule has 3 fully saturated rings. The molecule has 0 bridgehead atoms. The Bertz CT molecular complexity index is 4860. The van der Waals surface area contributed by atoms with E-state index in [1.54, 1.807) is 81.4 Å². The summed E-state index contributed by atoms with van der Waals surface area (Å²) in [5, 5.41) is 137. The van der Waals surface area contributed by atoms with Gasteiger partial charge in [-0.1, -0.05) is 87.5 Å². The Morgan fingerprint density at radius 2 is 0.606 bits per heavy atom. The highest BCUT2D eigenvalue weighted by molar-refractivity contribution is 7.80. The van der Waals surface area contributed by atoms with Crippen molar-refractivity contribution in [3.05, 3.63) is 179 Å². The third-order valence-electron chi connectivity index (χ3n) is 23.7. The van der Waals surface area contributed by atoms with Crippen molar-refractivity contribution < 1.29 is 119 Å². The molecular formula is C96H134N16O24S. The first kappa shape index (κ1) is 112. The number of phenols is 4. The number of hydrogen-bond donors (Lipinski definition) is 17. The van der Waals surface area contributed by atoms with Crippen LogP contribution in [0.4, 0.5) is 17.1 Å². The zero-order valence-electron chi connectivity index (χ0n) is 78.0. The molecule has 6 aromatic rings. The summed E-state index contributed by atoms with van der Waals surface area (Å²) in [7, 11) is 0. The van der Waals surface area contributed by atoms with E-state index in [9.17, 15) is 119 Å². The smallest absolute Gasteiger partial charge is 0.317 e. The molecule has 3 aliphatic heterocycles. The summed E-state index contributed by atoms with van der Waals surface area (Å²) in [6, 6.07) is 38.8. The molecule has 17 N–H and O–H groups in total. The molecule has 2 amide bonds. The summed E-state index contributed by atoms with van der Waals surface area (Å²) in [4.78, 5) is 154. The van der Waals surface area contributed by atoms with Crippen LogP contribution in [-0.2, 0) is 84.8 Å². The molecule has 0 aromatic heterocycles. The van der Waals surface area contributed by atoms with Crippen molar-refractivity contribution in [2.75, 3.05) is 238 Å². The average Bonchev–Trinajstić information content (AvgIpc) is 0.855. The van der Waals surface area contributed by atoms with Crippen LogP contribution in [0.2, 0.25) is 0 Å². The number of carboxylic acids is 9. The van der Waals surface area contributed by atoms with Crippen LogP contribution in [0.15, 0.2) is 146 Å². The van der Waals surface area contributed by atoms with Crippen LogP contribution in [-0.4, -0.2) is 436 Å². The van der Waals surface area contributed by atoms with Crippen LogP contribution in [0.3, 0.4) is 0 Å². The molecule has 137 heavy (non-hydrogen) atoms. The summed E-state index contributed by atoms with van der Waals surface area (Å²) in [5.74, 6) is -9.56. The average molecular weight is 1930 g/mol. The lowest BCUT2D eigenvalue weighted by atomic mass is 10.0. The highest BCUT2D eigenvalue weighted by atomic mass is 32.1. The van der Waals surface area contributed by atoms with E-state index in [2.05, 4.69) is 36.0 Å². The third-order valence-corrected chi connectivity index (χ3v) is 23.9. The highest BCUT2D eigenvalue weighted by Gasteiger charge is 2.32. The minimum absolute atomic E-state index is 0.143. The van der Waals surface area contributed by atoms with Crippen molar-refractivity contribution in [2.45, 2.75) is 77.4 Å². The van der Waals surface area contributed by atoms with E-state index in [4.69, 9.17) is 12.2 Å². The number of nitrogens with zero attached hydrogens (tertiary/aromatic N) is 12. The largest absolute Gasteiger partial charge is 0.508 e. The number of aromatic hydroxyl groups is 4. The molecule has 3 aliphatic rings. The normalized spacial score (nSPS) is 18.0. The van der Waals surface area contributed by atoms with Crippen molar-refractivity contribution >= 4 is 106 Å². The molecule has 6 aromatic carbocycles. The van der Waals surface area contributed by atoms with E-state index in [-0.39, 0.29) is 119 Å². The van der Waals surface area contributed by atoms with Gasteiger partial charge >= 0.3 is 53.7 Å². The molecule has 0 spiro atoms. The van der Waals surface area contributed by atoms with Gasteiger partial charge in [-0.15, -0.1) is 0 Å². The molecule has 41 heteroatoms. The zero-order chi connectivity index (χ0) is 99.9. The van der Waals surface area contributed by atoms with Gasteiger partial charge in [-0.05, 0) is 176 Å². The van der Waals surface area contributed by atoms with E-state index in [1.807, 2.05) is 111 Å². The van der Waals surface area contributed by atoms with Crippen LogP contribution in [0.25, 0.3) is 6.08 Å². The number of amides is 2. The van der Waals surface area contributed by atoms with Gasteiger partial charge in [-0.25, -0.2) is 0 Å². The SMILES string of the molecule is CCN1CCN(CC(=O)O)CCN(CC(=O)O)C(Cc2ccc(NC(=O)/C=C/c3ccc(O)c(O)c3)cc2)CN(CC(=O)O)CC1.CCN1CCN(CC(=O)O)CCN(CC(=O)O)C(Cc2ccc(NC(=O)CCc3ccc(O)cc3)cc2)CN(CC(=O)O)CC1.CCN1CCN(CC(=O)O)CCN(CC(=O)O)C(Cc2ccc(NC(=S)NCCc3ccc(O)cc3)cc2)CN(CC(=O)O)CC1. The number of rotatable bonds is 38. The van der Waals surface area contributed by atoms with Gasteiger partial charge in [-0.3, -0.25) is 96.8 Å². The predicted molar refractivity (Wildman–Crippen MR) is 519 cm³/mol. The maximum atomic E-state index is 12.5. The molecule has 0 aliphatic carbocycles. The second-order valence-corrected chi connectivity index (χ2v) is 34.4. The highest BCUT2D eigenvalue weighted by Crippen LogP contribution is 2.27. The summed E-state index contributed by atoms with van der Waals surface area (Å²) in [5.41, 5.74) is 7.11. The molecule has 0 radical (unpaired) electrons. The second kappa shape index (κ2) is 59.6. The van der Waals surface area contributed by atoms with Gasteiger partial charge in [0.2, 0.25) is 11.8 Å². The molecule has 3 unspecified atom stereocenters. The number of benzene rings is 6. The number of thiocarbonyl (C=S) groups is 1. The number of carbonyl (C=O) groups is 11. The maximum Gasteiger partial charge on any atom is 0.317 e. The molecule has 0 saturated carbocycles. The number of aryl methyl sites for hydroxylation is 1. The Hall–Kier alpha value is -12.4. The second-order valence-electron chi connectivity index (χ2n) is 34.0. The summed E-state index contributed by atoms with van der Waals surface area (Å²) in [6.45, 7) is 16.3. The minimum Gasteiger partial charge on any atom is -0.508 e. The summed E-state index contributed by atoms with van der Waals surface area (Å²) < 4.78 is 0. The molecule has 748 valence electrons. The number of hydrogen-bond acceptors (Lipinski definition) is 28. The van der Waals surface area contributed by atoms with E-state index in [1.165, 1.54) is 24.3 Å². The van der Waals surface area contributed by atoms with Crippen molar-refractivity contribution in [2.24, 2.45) is 0 Å². The fourth-order valence-electron chi connectivity index (χ4n) is 16.3. The minimum atomic E-state index is -1.04. The molecule has 9 rings (SSSR count). The molecule has 3 saturated heterocycles. The lowest BCUT2D eigenvalue weighted by Gasteiger charge is -2.37. The molecule has 3 atom stereocenters. The van der Waals surface area contributed by atoms with Gasteiger partial charge < -0.3 is 102 Å². The van der Waals surface area contributed by atoms with E-state index in [0.29, 0.717) is 179 Å². The van der Waals surface area contributed by atoms with E-state index < -0.39 is 65.7 Å². The van der Waals surface area contributed by atoms with E-state index >= 15 is 0 Å². The Balaban J connectivity index is 0.000000280. The summed E-state index contributed by atoms with van der Waals surface area (Å²) in [6.07, 6.45) is 5.59. The lowest BCUT2D eigenvalue weighted by molar-refractivity contribution is -0.141. The number of anilines is 3. The van der Waals surface area contributed by atoms with Gasteiger partial charge in [0.25, 0.3) is 0 Å². The van der Waals surface area contributed by atoms with Gasteiger partial charge in [0.15, 0.2) is 16.6 Å². The van der Waals surface area contributed by atoms with Crippen molar-refractivity contribution in [1.82, 2.24) is 64.1 Å². The monoisotopic (exact) mass is 1930 g/mol. The lowest BCUT2D eigenvalue weighted by Crippen LogP contribution is -2.53. The number of likely N-dealkylation sites (N-methyl/N-ethyl adjacent to an activating group) is 3. The Labute approximate surface area is 803 Å². The fraction of sp³-hybridized carbons (Fsp3) is 0.479. The quantitative estimate of drug-likeness (QED) is 0.0149. The van der Waals surface area contributed by atoms with Crippen LogP contribution < -0.4 is 21.3 Å². The van der Waals surface area contributed by atoms with Crippen molar-refractivity contribution in [1.29, 1.82) is 0 Å². The third kappa shape index (κ3) is 45.0. The van der Waals surface area contributed by atoms with Gasteiger partial charge in [0.1, 0.15) is 11.5 Å². The zero-order valence-corrected chi connectivity index (χ0v) is 78.8. The number of aliphatic carboxylic acids is 9. The van der Waals surface area contributed by atoms with Gasteiger partial charge in [0, 0.05) is 192 Å². The topological polar surface area (TPSA) is 538 Å². The molecular weight excluding hydrogens is 1790 g/mol.